The van der Waals surface area contributed by atoms with Crippen molar-refractivity contribution in [1.82, 2.24) is 25.2 Å². The average molecular weight is 450 g/mol. The second-order valence-corrected chi connectivity index (χ2v) is 8.72. The molecule has 33 heavy (non-hydrogen) atoms. The summed E-state index contributed by atoms with van der Waals surface area (Å²) < 4.78 is 19.3. The van der Waals surface area contributed by atoms with Crippen LogP contribution in [0, 0.1) is 5.82 Å². The number of piperidine rings is 1. The minimum Gasteiger partial charge on any atom is -0.497 e. The van der Waals surface area contributed by atoms with Gasteiger partial charge in [-0.3, -0.25) is 9.88 Å². The maximum absolute atomic E-state index is 13.9. The van der Waals surface area contributed by atoms with Crippen molar-refractivity contribution in [2.75, 3.05) is 20.2 Å². The molecule has 1 fully saturated rings. The van der Waals surface area contributed by atoms with Gasteiger partial charge >= 0.3 is 0 Å². The SMILES string of the molecule is COc1ccc2nccc(C(C)(O)N3CCC(NCc4nc5c(F)cccc5[nH]4)CC3)c2c1. The molecule has 1 aliphatic heterocycles. The predicted molar refractivity (Wildman–Crippen MR) is 125 cm³/mol. The topological polar surface area (TPSA) is 86.3 Å². The van der Waals surface area contributed by atoms with Crippen molar-refractivity contribution in [2.24, 2.45) is 0 Å². The van der Waals surface area contributed by atoms with Crippen LogP contribution in [0.4, 0.5) is 4.39 Å². The second kappa shape index (κ2) is 8.70. The lowest BCUT2D eigenvalue weighted by molar-refractivity contribution is -0.110. The Morgan fingerprint density at radius 3 is 2.82 bits per heavy atom. The van der Waals surface area contributed by atoms with E-state index in [2.05, 4.69) is 25.2 Å². The van der Waals surface area contributed by atoms with E-state index in [9.17, 15) is 9.50 Å². The number of H-pyrrole nitrogens is 1. The summed E-state index contributed by atoms with van der Waals surface area (Å²) in [5.41, 5.74) is 1.60. The van der Waals surface area contributed by atoms with Crippen molar-refractivity contribution < 1.29 is 14.2 Å². The van der Waals surface area contributed by atoms with Crippen LogP contribution >= 0.6 is 0 Å². The highest BCUT2D eigenvalue weighted by atomic mass is 19.1. The van der Waals surface area contributed by atoms with Gasteiger partial charge < -0.3 is 20.1 Å². The number of aromatic nitrogens is 3. The van der Waals surface area contributed by atoms with Gasteiger partial charge in [0.05, 0.1) is 24.7 Å². The lowest BCUT2D eigenvalue weighted by Crippen LogP contribution is -2.51. The van der Waals surface area contributed by atoms with Crippen LogP contribution in [0.1, 0.15) is 31.2 Å². The summed E-state index contributed by atoms with van der Waals surface area (Å²) in [6.07, 6.45) is 3.51. The first kappa shape index (κ1) is 21.8. The number of halogens is 1. The van der Waals surface area contributed by atoms with Crippen molar-refractivity contribution in [1.29, 1.82) is 0 Å². The lowest BCUT2D eigenvalue weighted by atomic mass is 9.95. The van der Waals surface area contributed by atoms with E-state index in [1.807, 2.05) is 37.3 Å². The Morgan fingerprint density at radius 2 is 2.06 bits per heavy atom. The number of aliphatic hydroxyl groups is 1. The van der Waals surface area contributed by atoms with Crippen molar-refractivity contribution >= 4 is 21.9 Å². The van der Waals surface area contributed by atoms with E-state index in [1.54, 1.807) is 19.4 Å². The zero-order valence-corrected chi connectivity index (χ0v) is 18.8. The van der Waals surface area contributed by atoms with Gasteiger partial charge in [0.15, 0.2) is 5.82 Å². The molecule has 0 bridgehead atoms. The molecule has 0 amide bonds. The number of hydrogen-bond donors (Lipinski definition) is 3. The van der Waals surface area contributed by atoms with E-state index >= 15 is 0 Å². The number of ether oxygens (including phenoxy) is 1. The fraction of sp³-hybridized carbons (Fsp3) is 0.360. The van der Waals surface area contributed by atoms with E-state index < -0.39 is 5.72 Å². The summed E-state index contributed by atoms with van der Waals surface area (Å²) in [6.45, 7) is 3.88. The molecule has 172 valence electrons. The minimum absolute atomic E-state index is 0.296. The molecule has 1 aliphatic rings. The maximum atomic E-state index is 13.9. The van der Waals surface area contributed by atoms with Gasteiger partial charge in [-0.15, -0.1) is 0 Å². The number of aromatic amines is 1. The number of nitrogens with one attached hydrogen (secondary N) is 2. The standard InChI is InChI=1S/C25H28FN5O2/c1-25(32,19-8-11-27-21-7-6-17(33-2)14-18(19)21)31-12-9-16(10-13-31)28-15-23-29-22-5-3-4-20(26)24(22)30-23/h3-8,11,14,16,28,32H,9-10,12-13,15H2,1-2H3,(H,29,30). The van der Waals surface area contributed by atoms with E-state index in [-0.39, 0.29) is 5.82 Å². The molecule has 2 aromatic carbocycles. The Labute approximate surface area is 191 Å². The Hall–Kier alpha value is -3.07. The number of imidazole rings is 1. The zero-order chi connectivity index (χ0) is 23.0. The van der Waals surface area contributed by atoms with Gasteiger partial charge in [-0.25, -0.2) is 9.37 Å². The van der Waals surface area contributed by atoms with E-state index in [4.69, 9.17) is 4.74 Å². The van der Waals surface area contributed by atoms with Gasteiger partial charge in [-0.1, -0.05) is 6.07 Å². The first-order valence-corrected chi connectivity index (χ1v) is 11.2. The van der Waals surface area contributed by atoms with Gasteiger partial charge in [0.2, 0.25) is 0 Å². The smallest absolute Gasteiger partial charge is 0.151 e. The Kier molecular flexibility index (Phi) is 5.74. The highest BCUT2D eigenvalue weighted by Crippen LogP contribution is 2.34. The molecule has 0 radical (unpaired) electrons. The number of benzene rings is 2. The Bertz CT molecular complexity index is 1280. The molecule has 3 N–H and O–H groups in total. The number of fused-ring (bicyclic) bond motifs is 2. The fourth-order valence-electron chi connectivity index (χ4n) is 4.73. The molecule has 0 spiro atoms. The molecule has 2 aromatic heterocycles. The number of pyridine rings is 1. The highest BCUT2D eigenvalue weighted by molar-refractivity contribution is 5.84. The monoisotopic (exact) mass is 449 g/mol. The van der Waals surface area contributed by atoms with E-state index in [0.717, 1.165) is 54.0 Å². The summed E-state index contributed by atoms with van der Waals surface area (Å²) >= 11 is 0. The molecule has 4 aromatic rings. The van der Waals surface area contributed by atoms with E-state index in [1.165, 1.54) is 6.07 Å². The van der Waals surface area contributed by atoms with Crippen molar-refractivity contribution in [3.05, 3.63) is 65.9 Å². The lowest BCUT2D eigenvalue weighted by Gasteiger charge is -2.42. The summed E-state index contributed by atoms with van der Waals surface area (Å²) in [7, 11) is 1.63. The fourth-order valence-corrected chi connectivity index (χ4v) is 4.73. The van der Waals surface area contributed by atoms with Crippen LogP contribution < -0.4 is 10.1 Å². The van der Waals surface area contributed by atoms with Gasteiger partial charge in [-0.2, -0.15) is 0 Å². The van der Waals surface area contributed by atoms with Crippen LogP contribution in [-0.4, -0.2) is 51.2 Å². The van der Waals surface area contributed by atoms with Gasteiger partial charge in [-0.05, 0) is 56.2 Å². The van der Waals surface area contributed by atoms with Crippen LogP contribution in [0.2, 0.25) is 0 Å². The number of methoxy groups -OCH3 is 1. The maximum Gasteiger partial charge on any atom is 0.151 e. The van der Waals surface area contributed by atoms with Crippen molar-refractivity contribution in [3.63, 3.8) is 0 Å². The first-order valence-electron chi connectivity index (χ1n) is 11.2. The van der Waals surface area contributed by atoms with Crippen molar-refractivity contribution in [2.45, 2.75) is 38.1 Å². The summed E-state index contributed by atoms with van der Waals surface area (Å²) in [6, 6.07) is 12.8. The van der Waals surface area contributed by atoms with Crippen LogP contribution in [0.3, 0.4) is 0 Å². The van der Waals surface area contributed by atoms with Crippen LogP contribution in [0.5, 0.6) is 5.75 Å². The normalized spacial score (nSPS) is 17.5. The molecule has 3 heterocycles. The van der Waals surface area contributed by atoms with Crippen molar-refractivity contribution in [3.8, 4) is 5.75 Å². The van der Waals surface area contributed by atoms with Gasteiger partial charge in [0.1, 0.15) is 22.8 Å². The number of para-hydroxylation sites is 1. The van der Waals surface area contributed by atoms with Crippen LogP contribution in [-0.2, 0) is 12.3 Å². The summed E-state index contributed by atoms with van der Waals surface area (Å²) in [4.78, 5) is 14.1. The third kappa shape index (κ3) is 4.17. The van der Waals surface area contributed by atoms with Gasteiger partial charge in [0, 0.05) is 36.3 Å². The third-order valence-electron chi connectivity index (χ3n) is 6.64. The van der Waals surface area contributed by atoms with Crippen LogP contribution in [0.25, 0.3) is 21.9 Å². The molecule has 1 unspecified atom stereocenters. The second-order valence-electron chi connectivity index (χ2n) is 8.72. The molecule has 1 atom stereocenters. The molecule has 8 heteroatoms. The molecular weight excluding hydrogens is 421 g/mol. The molecular formula is C25H28FN5O2. The molecule has 0 saturated carbocycles. The summed E-state index contributed by atoms with van der Waals surface area (Å²) in [5, 5.41) is 16.0. The zero-order valence-electron chi connectivity index (χ0n) is 18.8. The highest BCUT2D eigenvalue weighted by Gasteiger charge is 2.35. The largest absolute Gasteiger partial charge is 0.497 e. The summed E-state index contributed by atoms with van der Waals surface area (Å²) in [5.74, 6) is 1.15. The van der Waals surface area contributed by atoms with Gasteiger partial charge in [0.25, 0.3) is 0 Å². The quantitative estimate of drug-likeness (QED) is 0.416. The van der Waals surface area contributed by atoms with Crippen LogP contribution in [0.15, 0.2) is 48.7 Å². The Balaban J connectivity index is 1.25. The molecule has 0 aliphatic carbocycles. The molecule has 5 rings (SSSR count). The predicted octanol–water partition coefficient (Wildman–Crippen LogP) is 3.68. The number of hydrogen-bond acceptors (Lipinski definition) is 6. The third-order valence-corrected chi connectivity index (χ3v) is 6.64. The Morgan fingerprint density at radius 1 is 1.24 bits per heavy atom. The number of nitrogens with zero attached hydrogens (tertiary/aromatic N) is 3. The average Bonchev–Trinajstić information content (AvgIpc) is 3.27. The molecule has 1 saturated heterocycles. The number of rotatable bonds is 6. The van der Waals surface area contributed by atoms with E-state index in [0.29, 0.717) is 23.6 Å². The first-order chi connectivity index (χ1) is 16.0. The molecule has 7 nitrogen and oxygen atoms in total. The minimum atomic E-state index is -1.13. The number of likely N-dealkylation sites (tertiary alicyclic amines) is 1.